The van der Waals surface area contributed by atoms with Crippen LogP contribution in [0.2, 0.25) is 0 Å². The Labute approximate surface area is 111 Å². The number of nitrogens with one attached hydrogen (secondary N) is 2. The van der Waals surface area contributed by atoms with Crippen molar-refractivity contribution in [3.63, 3.8) is 0 Å². The number of hydrogen-bond acceptors (Lipinski definition) is 3. The molecule has 1 aliphatic carbocycles. The number of aromatic amines is 1. The molecule has 1 saturated carbocycles. The minimum absolute atomic E-state index is 0.0629. The van der Waals surface area contributed by atoms with E-state index in [0.717, 1.165) is 37.0 Å². The lowest BCUT2D eigenvalue weighted by Crippen LogP contribution is -2.16. The molecule has 0 radical (unpaired) electrons. The van der Waals surface area contributed by atoms with Gasteiger partial charge in [0.2, 0.25) is 0 Å². The number of benzene rings is 1. The predicted molar refractivity (Wildman–Crippen MR) is 76.4 cm³/mol. The van der Waals surface area contributed by atoms with Crippen molar-refractivity contribution >= 4 is 16.6 Å². The fraction of sp³-hybridized carbons (Fsp3) is 0.400. The molecule has 0 amide bonds. The highest BCUT2D eigenvalue weighted by atomic mass is 16.3. The molecule has 1 heterocycles. The van der Waals surface area contributed by atoms with Crippen LogP contribution in [0.25, 0.3) is 10.8 Å². The van der Waals surface area contributed by atoms with Crippen molar-refractivity contribution in [3.05, 3.63) is 40.7 Å². The van der Waals surface area contributed by atoms with E-state index >= 15 is 0 Å². The van der Waals surface area contributed by atoms with E-state index in [2.05, 4.69) is 10.3 Å². The highest BCUT2D eigenvalue weighted by molar-refractivity contribution is 5.83. The Morgan fingerprint density at radius 1 is 1.32 bits per heavy atom. The quantitative estimate of drug-likeness (QED) is 0.790. The zero-order valence-corrected chi connectivity index (χ0v) is 10.7. The van der Waals surface area contributed by atoms with E-state index in [1.54, 1.807) is 0 Å². The van der Waals surface area contributed by atoms with Gasteiger partial charge in [-0.3, -0.25) is 4.79 Å². The fourth-order valence-corrected chi connectivity index (χ4v) is 2.79. The first-order valence-corrected chi connectivity index (χ1v) is 6.76. The lowest BCUT2D eigenvalue weighted by atomic mass is 10.1. The van der Waals surface area contributed by atoms with E-state index in [1.807, 2.05) is 30.3 Å². The molecular formula is C15H18N2O2. The van der Waals surface area contributed by atoms with Crippen LogP contribution < -0.4 is 10.9 Å². The minimum Gasteiger partial charge on any atom is -0.393 e. The fourth-order valence-electron chi connectivity index (χ4n) is 2.79. The molecule has 0 spiro atoms. The molecule has 1 fully saturated rings. The van der Waals surface area contributed by atoms with Gasteiger partial charge in [0.05, 0.1) is 6.10 Å². The molecule has 2 aromatic rings. The Morgan fingerprint density at radius 2 is 2.16 bits per heavy atom. The van der Waals surface area contributed by atoms with Crippen molar-refractivity contribution in [2.45, 2.75) is 25.4 Å². The summed E-state index contributed by atoms with van der Waals surface area (Å²) in [6, 6.07) is 9.52. The summed E-state index contributed by atoms with van der Waals surface area (Å²) >= 11 is 0. The van der Waals surface area contributed by atoms with Crippen LogP contribution in [-0.2, 0) is 0 Å². The summed E-state index contributed by atoms with van der Waals surface area (Å²) in [7, 11) is 0. The van der Waals surface area contributed by atoms with Crippen LogP contribution in [0.15, 0.2) is 35.1 Å². The van der Waals surface area contributed by atoms with Crippen molar-refractivity contribution in [2.75, 3.05) is 11.9 Å². The van der Waals surface area contributed by atoms with E-state index in [4.69, 9.17) is 0 Å². The number of aromatic nitrogens is 1. The Balaban J connectivity index is 1.76. The summed E-state index contributed by atoms with van der Waals surface area (Å²) in [5, 5.41) is 14.4. The number of H-pyrrole nitrogens is 1. The Kier molecular flexibility index (Phi) is 3.25. The summed E-state index contributed by atoms with van der Waals surface area (Å²) < 4.78 is 0. The molecule has 0 saturated heterocycles. The molecule has 3 rings (SSSR count). The van der Waals surface area contributed by atoms with E-state index in [0.29, 0.717) is 11.3 Å². The van der Waals surface area contributed by atoms with Gasteiger partial charge in [-0.05, 0) is 42.7 Å². The Morgan fingerprint density at radius 3 is 2.95 bits per heavy atom. The van der Waals surface area contributed by atoms with Gasteiger partial charge in [-0.15, -0.1) is 0 Å². The summed E-state index contributed by atoms with van der Waals surface area (Å²) in [5.41, 5.74) is -0.0629. The van der Waals surface area contributed by atoms with Gasteiger partial charge in [-0.2, -0.15) is 0 Å². The van der Waals surface area contributed by atoms with Crippen LogP contribution in [0.4, 0.5) is 5.82 Å². The third-order valence-electron chi connectivity index (χ3n) is 3.85. The second-order valence-corrected chi connectivity index (χ2v) is 5.31. The highest BCUT2D eigenvalue weighted by Crippen LogP contribution is 2.25. The first-order chi connectivity index (χ1) is 9.22. The number of pyridine rings is 1. The standard InChI is InChI=1S/C15H18N2O2/c18-12-6-5-10(7-12)9-16-14-8-11-3-1-2-4-13(11)15(19)17-14/h1-4,8,10,12,18H,5-7,9H2,(H2,16,17,19). The number of aliphatic hydroxyl groups is 1. The number of anilines is 1. The summed E-state index contributed by atoms with van der Waals surface area (Å²) in [4.78, 5) is 14.8. The number of hydrogen-bond donors (Lipinski definition) is 3. The van der Waals surface area contributed by atoms with E-state index in [1.165, 1.54) is 0 Å². The Bertz CT molecular complexity index is 635. The normalized spacial score (nSPS) is 22.8. The van der Waals surface area contributed by atoms with E-state index < -0.39 is 0 Å². The molecule has 100 valence electrons. The van der Waals surface area contributed by atoms with E-state index in [9.17, 15) is 9.90 Å². The third kappa shape index (κ3) is 2.63. The predicted octanol–water partition coefficient (Wildman–Crippen LogP) is 2.10. The maximum Gasteiger partial charge on any atom is 0.257 e. The molecule has 2 unspecified atom stereocenters. The molecule has 1 aromatic carbocycles. The number of fused-ring (bicyclic) bond motifs is 1. The van der Waals surface area contributed by atoms with Crippen molar-refractivity contribution < 1.29 is 5.11 Å². The molecule has 0 bridgehead atoms. The van der Waals surface area contributed by atoms with Gasteiger partial charge in [0.15, 0.2) is 0 Å². The number of aliphatic hydroxyl groups excluding tert-OH is 1. The van der Waals surface area contributed by atoms with Crippen LogP contribution in [-0.4, -0.2) is 22.7 Å². The van der Waals surface area contributed by atoms with Gasteiger partial charge in [0.25, 0.3) is 5.56 Å². The average molecular weight is 258 g/mol. The monoisotopic (exact) mass is 258 g/mol. The van der Waals surface area contributed by atoms with Crippen molar-refractivity contribution in [3.8, 4) is 0 Å². The second-order valence-electron chi connectivity index (χ2n) is 5.31. The van der Waals surface area contributed by atoms with Crippen molar-refractivity contribution in [1.82, 2.24) is 4.98 Å². The smallest absolute Gasteiger partial charge is 0.257 e. The van der Waals surface area contributed by atoms with Crippen molar-refractivity contribution in [1.29, 1.82) is 0 Å². The average Bonchev–Trinajstić information content (AvgIpc) is 2.82. The SMILES string of the molecule is O=c1[nH]c(NCC2CCC(O)C2)cc2ccccc12. The largest absolute Gasteiger partial charge is 0.393 e. The third-order valence-corrected chi connectivity index (χ3v) is 3.85. The molecule has 1 aliphatic rings. The zero-order chi connectivity index (χ0) is 13.2. The number of rotatable bonds is 3. The molecular weight excluding hydrogens is 240 g/mol. The van der Waals surface area contributed by atoms with Crippen LogP contribution in [0, 0.1) is 5.92 Å². The molecule has 19 heavy (non-hydrogen) atoms. The van der Waals surface area contributed by atoms with Gasteiger partial charge in [0, 0.05) is 11.9 Å². The van der Waals surface area contributed by atoms with Crippen LogP contribution in [0.1, 0.15) is 19.3 Å². The maximum absolute atomic E-state index is 11.9. The lowest BCUT2D eigenvalue weighted by Gasteiger charge is -2.12. The van der Waals surface area contributed by atoms with Crippen molar-refractivity contribution in [2.24, 2.45) is 5.92 Å². The van der Waals surface area contributed by atoms with Gasteiger partial charge in [-0.25, -0.2) is 0 Å². The molecule has 1 aromatic heterocycles. The van der Waals surface area contributed by atoms with E-state index in [-0.39, 0.29) is 11.7 Å². The van der Waals surface area contributed by atoms with Crippen LogP contribution >= 0.6 is 0 Å². The van der Waals surface area contributed by atoms with Gasteiger partial charge in [0.1, 0.15) is 5.82 Å². The molecule has 0 aliphatic heterocycles. The lowest BCUT2D eigenvalue weighted by molar-refractivity contribution is 0.178. The topological polar surface area (TPSA) is 65.1 Å². The van der Waals surface area contributed by atoms with Gasteiger partial charge < -0.3 is 15.4 Å². The molecule has 4 heteroatoms. The first kappa shape index (κ1) is 12.2. The molecule has 2 atom stereocenters. The molecule has 3 N–H and O–H groups in total. The van der Waals surface area contributed by atoms with Gasteiger partial charge >= 0.3 is 0 Å². The van der Waals surface area contributed by atoms with Crippen LogP contribution in [0.5, 0.6) is 0 Å². The summed E-state index contributed by atoms with van der Waals surface area (Å²) in [5.74, 6) is 1.25. The Hall–Kier alpha value is -1.81. The second kappa shape index (κ2) is 5.05. The van der Waals surface area contributed by atoms with Crippen LogP contribution in [0.3, 0.4) is 0 Å². The molecule has 4 nitrogen and oxygen atoms in total. The minimum atomic E-state index is -0.151. The highest BCUT2D eigenvalue weighted by Gasteiger charge is 2.22. The maximum atomic E-state index is 11.9. The first-order valence-electron chi connectivity index (χ1n) is 6.76. The zero-order valence-electron chi connectivity index (χ0n) is 10.7. The van der Waals surface area contributed by atoms with Gasteiger partial charge in [-0.1, -0.05) is 18.2 Å². The summed E-state index contributed by atoms with van der Waals surface area (Å²) in [6.45, 7) is 0.797. The summed E-state index contributed by atoms with van der Waals surface area (Å²) in [6.07, 6.45) is 2.64.